The van der Waals surface area contributed by atoms with Gasteiger partial charge in [-0.1, -0.05) is 19.1 Å². The smallest absolute Gasteiger partial charge is 0.331 e. The molecule has 3 heteroatoms. The molecule has 0 fully saturated rings. The van der Waals surface area contributed by atoms with Crippen LogP contribution in [-0.2, 0) is 4.79 Å². The Morgan fingerprint density at radius 3 is 2.25 bits per heavy atom. The second kappa shape index (κ2) is 5.35. The molecule has 0 aliphatic heterocycles. The van der Waals surface area contributed by atoms with Crippen molar-refractivity contribution in [3.8, 4) is 5.75 Å². The minimum Gasteiger partial charge on any atom is -0.497 e. The second-order valence-electron chi connectivity index (χ2n) is 3.49. The quantitative estimate of drug-likeness (QED) is 0.793. The maximum absolute atomic E-state index is 11.0. The Labute approximate surface area is 95.4 Å². The van der Waals surface area contributed by atoms with Gasteiger partial charge in [-0.15, -0.1) is 0 Å². The molecule has 0 aromatic heterocycles. The molecule has 0 atom stereocenters. The molecule has 0 radical (unpaired) electrons. The molecule has 0 amide bonds. The molecule has 86 valence electrons. The first-order valence-corrected chi connectivity index (χ1v) is 5.17. The van der Waals surface area contributed by atoms with Gasteiger partial charge in [0.15, 0.2) is 0 Å². The van der Waals surface area contributed by atoms with Crippen LogP contribution in [0.25, 0.3) is 5.57 Å². The van der Waals surface area contributed by atoms with Crippen molar-refractivity contribution in [2.45, 2.75) is 20.3 Å². The number of rotatable bonds is 4. The molecule has 0 unspecified atom stereocenters. The molecule has 0 aliphatic carbocycles. The lowest BCUT2D eigenvalue weighted by molar-refractivity contribution is -0.132. The van der Waals surface area contributed by atoms with Crippen molar-refractivity contribution in [2.75, 3.05) is 7.11 Å². The molecule has 1 aromatic rings. The average molecular weight is 220 g/mol. The van der Waals surface area contributed by atoms with Crippen LogP contribution in [-0.4, -0.2) is 18.2 Å². The molecule has 1 aromatic carbocycles. The molecule has 1 N–H and O–H groups in total. The zero-order valence-electron chi connectivity index (χ0n) is 9.78. The predicted molar refractivity (Wildman–Crippen MR) is 63.5 cm³/mol. The molecular weight excluding hydrogens is 204 g/mol. The molecule has 0 spiro atoms. The van der Waals surface area contributed by atoms with Crippen LogP contribution in [0.15, 0.2) is 29.8 Å². The molecule has 0 saturated heterocycles. The van der Waals surface area contributed by atoms with Gasteiger partial charge in [-0.05, 0) is 36.6 Å². The highest BCUT2D eigenvalue weighted by Crippen LogP contribution is 2.22. The van der Waals surface area contributed by atoms with Crippen LogP contribution in [0.2, 0.25) is 0 Å². The van der Waals surface area contributed by atoms with E-state index in [1.807, 2.05) is 38.1 Å². The summed E-state index contributed by atoms with van der Waals surface area (Å²) in [6, 6.07) is 7.39. The van der Waals surface area contributed by atoms with E-state index in [4.69, 9.17) is 9.84 Å². The van der Waals surface area contributed by atoms with Crippen LogP contribution in [0.5, 0.6) is 5.75 Å². The number of allylic oxidation sites excluding steroid dienone is 1. The topological polar surface area (TPSA) is 46.5 Å². The summed E-state index contributed by atoms with van der Waals surface area (Å²) in [5, 5.41) is 9.02. The number of carboxylic acid groups (broad SMARTS) is 1. The largest absolute Gasteiger partial charge is 0.497 e. The van der Waals surface area contributed by atoms with Crippen molar-refractivity contribution < 1.29 is 14.6 Å². The Bertz CT molecular complexity index is 402. The van der Waals surface area contributed by atoms with Gasteiger partial charge >= 0.3 is 5.97 Å². The first kappa shape index (κ1) is 12.3. The Morgan fingerprint density at radius 1 is 1.31 bits per heavy atom. The summed E-state index contributed by atoms with van der Waals surface area (Å²) in [6.45, 7) is 3.67. The van der Waals surface area contributed by atoms with Crippen molar-refractivity contribution in [1.29, 1.82) is 0 Å². The lowest BCUT2D eigenvalue weighted by Gasteiger charge is -2.07. The summed E-state index contributed by atoms with van der Waals surface area (Å²) in [4.78, 5) is 11.0. The van der Waals surface area contributed by atoms with Crippen LogP contribution in [0.1, 0.15) is 25.8 Å². The van der Waals surface area contributed by atoms with E-state index < -0.39 is 5.97 Å². The number of methoxy groups -OCH3 is 1. The van der Waals surface area contributed by atoms with Gasteiger partial charge in [0.1, 0.15) is 5.75 Å². The highest BCUT2D eigenvalue weighted by atomic mass is 16.5. The van der Waals surface area contributed by atoms with E-state index in [0.717, 1.165) is 16.9 Å². The molecule has 3 nitrogen and oxygen atoms in total. The van der Waals surface area contributed by atoms with Crippen molar-refractivity contribution in [3.63, 3.8) is 0 Å². The van der Waals surface area contributed by atoms with Crippen LogP contribution >= 0.6 is 0 Å². The van der Waals surface area contributed by atoms with Crippen LogP contribution in [0.4, 0.5) is 0 Å². The van der Waals surface area contributed by atoms with Crippen LogP contribution in [0, 0.1) is 0 Å². The number of hydrogen-bond donors (Lipinski definition) is 1. The summed E-state index contributed by atoms with van der Waals surface area (Å²) < 4.78 is 5.05. The number of aliphatic carboxylic acids is 1. The molecule has 16 heavy (non-hydrogen) atoms. The lowest BCUT2D eigenvalue weighted by Crippen LogP contribution is -2.02. The fraction of sp³-hybridized carbons (Fsp3) is 0.308. The molecule has 0 bridgehead atoms. The van der Waals surface area contributed by atoms with Gasteiger partial charge in [0.25, 0.3) is 0 Å². The Hall–Kier alpha value is -1.77. The van der Waals surface area contributed by atoms with Gasteiger partial charge in [0.05, 0.1) is 7.11 Å². The summed E-state index contributed by atoms with van der Waals surface area (Å²) in [6.07, 6.45) is 0.521. The lowest BCUT2D eigenvalue weighted by atomic mass is 10.00. The first-order valence-electron chi connectivity index (χ1n) is 5.17. The van der Waals surface area contributed by atoms with Gasteiger partial charge < -0.3 is 9.84 Å². The highest BCUT2D eigenvalue weighted by molar-refractivity contribution is 5.95. The molecule has 0 aliphatic rings. The van der Waals surface area contributed by atoms with Crippen molar-refractivity contribution in [2.24, 2.45) is 0 Å². The number of benzene rings is 1. The number of carboxylic acids is 1. The summed E-state index contributed by atoms with van der Waals surface area (Å²) in [5.74, 6) is -0.0826. The third-order valence-corrected chi connectivity index (χ3v) is 2.59. The average Bonchev–Trinajstić information content (AvgIpc) is 2.29. The van der Waals surface area contributed by atoms with Crippen molar-refractivity contribution in [3.05, 3.63) is 35.4 Å². The Morgan fingerprint density at radius 2 is 1.88 bits per heavy atom. The maximum atomic E-state index is 11.0. The van der Waals surface area contributed by atoms with Crippen LogP contribution < -0.4 is 4.74 Å². The monoisotopic (exact) mass is 220 g/mol. The standard InChI is InChI=1S/C13H16O3/c1-4-12(13(14)15)9(2)10-5-7-11(16-3)8-6-10/h5-8H,4H2,1-3H3,(H,14,15). The third-order valence-electron chi connectivity index (χ3n) is 2.59. The number of carbonyl (C=O) groups is 1. The third kappa shape index (κ3) is 2.63. The normalized spacial score (nSPS) is 11.9. The molecule has 0 heterocycles. The molecule has 1 rings (SSSR count). The van der Waals surface area contributed by atoms with E-state index in [1.54, 1.807) is 7.11 Å². The zero-order valence-corrected chi connectivity index (χ0v) is 9.78. The van der Waals surface area contributed by atoms with Crippen molar-refractivity contribution >= 4 is 11.5 Å². The van der Waals surface area contributed by atoms with E-state index in [0.29, 0.717) is 12.0 Å². The van der Waals surface area contributed by atoms with Crippen LogP contribution in [0.3, 0.4) is 0 Å². The molecule has 0 saturated carbocycles. The van der Waals surface area contributed by atoms with Gasteiger partial charge in [-0.3, -0.25) is 0 Å². The predicted octanol–water partition coefficient (Wildman–Crippen LogP) is 2.96. The van der Waals surface area contributed by atoms with E-state index in [1.165, 1.54) is 0 Å². The summed E-state index contributed by atoms with van der Waals surface area (Å²) in [5.41, 5.74) is 2.17. The van der Waals surface area contributed by atoms with Gasteiger partial charge in [-0.2, -0.15) is 0 Å². The van der Waals surface area contributed by atoms with Gasteiger partial charge in [0, 0.05) is 5.57 Å². The summed E-state index contributed by atoms with van der Waals surface area (Å²) >= 11 is 0. The fourth-order valence-electron chi connectivity index (χ4n) is 1.59. The fourth-order valence-corrected chi connectivity index (χ4v) is 1.59. The number of ether oxygens (including phenoxy) is 1. The Kier molecular flexibility index (Phi) is 4.11. The van der Waals surface area contributed by atoms with Crippen molar-refractivity contribution in [1.82, 2.24) is 0 Å². The van der Waals surface area contributed by atoms with E-state index >= 15 is 0 Å². The number of hydrogen-bond acceptors (Lipinski definition) is 2. The zero-order chi connectivity index (χ0) is 12.1. The first-order chi connectivity index (χ1) is 7.60. The summed E-state index contributed by atoms with van der Waals surface area (Å²) in [7, 11) is 1.60. The highest BCUT2D eigenvalue weighted by Gasteiger charge is 2.10. The Balaban J connectivity index is 3.11. The van der Waals surface area contributed by atoms with E-state index in [-0.39, 0.29) is 0 Å². The maximum Gasteiger partial charge on any atom is 0.331 e. The SMILES string of the molecule is CCC(C(=O)O)=C(C)c1ccc(OC)cc1. The minimum absolute atomic E-state index is 0.449. The second-order valence-corrected chi connectivity index (χ2v) is 3.49. The van der Waals surface area contributed by atoms with E-state index in [2.05, 4.69) is 0 Å². The molecular formula is C13H16O3. The minimum atomic E-state index is -0.851. The van der Waals surface area contributed by atoms with Gasteiger partial charge in [-0.25, -0.2) is 4.79 Å². The van der Waals surface area contributed by atoms with Gasteiger partial charge in [0.2, 0.25) is 0 Å². The van der Waals surface area contributed by atoms with E-state index in [9.17, 15) is 4.79 Å².